The van der Waals surface area contributed by atoms with Gasteiger partial charge in [-0.25, -0.2) is 0 Å². The van der Waals surface area contributed by atoms with Crippen LogP contribution in [0.3, 0.4) is 0 Å². The molecular weight excluding hydrogens is 224 g/mol. The van der Waals surface area contributed by atoms with Crippen LogP contribution in [0.4, 0.5) is 0 Å². The Kier molecular flexibility index (Phi) is 2.76. The number of carbonyl (C=O) groups is 1. The van der Waals surface area contributed by atoms with E-state index in [2.05, 4.69) is 6.92 Å². The summed E-state index contributed by atoms with van der Waals surface area (Å²) in [5.74, 6) is 0.154. The van der Waals surface area contributed by atoms with Crippen LogP contribution in [0.1, 0.15) is 31.2 Å². The summed E-state index contributed by atoms with van der Waals surface area (Å²) < 4.78 is 0. The van der Waals surface area contributed by atoms with Crippen LogP contribution in [-0.2, 0) is 0 Å². The van der Waals surface area contributed by atoms with E-state index in [0.717, 1.165) is 16.7 Å². The molecule has 2 aromatic rings. The molecule has 0 saturated carbocycles. The van der Waals surface area contributed by atoms with Gasteiger partial charge < -0.3 is 0 Å². The predicted molar refractivity (Wildman–Crippen MR) is 66.3 cm³/mol. The van der Waals surface area contributed by atoms with Crippen LogP contribution in [0.25, 0.3) is 0 Å². The minimum Gasteiger partial charge on any atom is -0.289 e. The van der Waals surface area contributed by atoms with Crippen molar-refractivity contribution >= 4 is 28.5 Å². The molecular formula is C12H12OS2. The van der Waals surface area contributed by atoms with Gasteiger partial charge in [-0.15, -0.1) is 22.7 Å². The Morgan fingerprint density at radius 3 is 2.33 bits per heavy atom. The van der Waals surface area contributed by atoms with Gasteiger partial charge in [0.1, 0.15) is 0 Å². The Labute approximate surface area is 97.4 Å². The van der Waals surface area contributed by atoms with Gasteiger partial charge in [0.05, 0.1) is 0 Å². The summed E-state index contributed by atoms with van der Waals surface area (Å²) in [5.41, 5.74) is 2.79. The predicted octanol–water partition coefficient (Wildman–Crippen LogP) is 3.97. The number of ketones is 1. The van der Waals surface area contributed by atoms with Crippen LogP contribution in [0.2, 0.25) is 0 Å². The molecule has 0 saturated heterocycles. The fourth-order valence-corrected chi connectivity index (χ4v) is 3.00. The van der Waals surface area contributed by atoms with Crippen LogP contribution in [0.5, 0.6) is 0 Å². The number of aryl methyl sites for hydroxylation is 2. The van der Waals surface area contributed by atoms with Gasteiger partial charge in [0.15, 0.2) is 5.78 Å². The summed E-state index contributed by atoms with van der Waals surface area (Å²) in [5, 5.41) is 3.89. The molecule has 0 unspecified atom stereocenters. The monoisotopic (exact) mass is 236 g/mol. The SMILES string of the molecule is Cc1cc(C(=O)c2csc(C)c2C)cs1. The van der Waals surface area contributed by atoms with Crippen molar-refractivity contribution in [3.8, 4) is 0 Å². The van der Waals surface area contributed by atoms with Crippen LogP contribution >= 0.6 is 22.7 Å². The lowest BCUT2D eigenvalue weighted by Crippen LogP contribution is -1.99. The van der Waals surface area contributed by atoms with Gasteiger partial charge >= 0.3 is 0 Å². The molecule has 15 heavy (non-hydrogen) atoms. The smallest absolute Gasteiger partial charge is 0.194 e. The van der Waals surface area contributed by atoms with E-state index in [0.29, 0.717) is 0 Å². The van der Waals surface area contributed by atoms with Crippen molar-refractivity contribution in [3.63, 3.8) is 0 Å². The third-order valence-electron chi connectivity index (χ3n) is 2.52. The molecule has 0 aliphatic carbocycles. The molecule has 0 aliphatic rings. The summed E-state index contributed by atoms with van der Waals surface area (Å²) in [4.78, 5) is 14.5. The Morgan fingerprint density at radius 2 is 1.87 bits per heavy atom. The molecule has 0 bridgehead atoms. The van der Waals surface area contributed by atoms with E-state index in [4.69, 9.17) is 0 Å². The molecule has 78 valence electrons. The highest BCUT2D eigenvalue weighted by molar-refractivity contribution is 7.10. The van der Waals surface area contributed by atoms with Crippen molar-refractivity contribution in [2.75, 3.05) is 0 Å². The van der Waals surface area contributed by atoms with Crippen LogP contribution in [0.15, 0.2) is 16.8 Å². The van der Waals surface area contributed by atoms with Crippen molar-refractivity contribution in [1.29, 1.82) is 0 Å². The molecule has 1 nitrogen and oxygen atoms in total. The first-order valence-electron chi connectivity index (χ1n) is 4.74. The lowest BCUT2D eigenvalue weighted by molar-refractivity contribution is 0.103. The molecule has 2 rings (SSSR count). The van der Waals surface area contributed by atoms with Crippen molar-refractivity contribution in [2.24, 2.45) is 0 Å². The van der Waals surface area contributed by atoms with E-state index in [1.807, 2.05) is 30.7 Å². The number of rotatable bonds is 2. The second-order valence-corrected chi connectivity index (χ2v) is 5.80. The summed E-state index contributed by atoms with van der Waals surface area (Å²) >= 11 is 3.27. The van der Waals surface area contributed by atoms with Crippen LogP contribution in [0, 0.1) is 20.8 Å². The molecule has 0 aliphatic heterocycles. The lowest BCUT2D eigenvalue weighted by atomic mass is 10.0. The highest BCUT2D eigenvalue weighted by Crippen LogP contribution is 2.24. The van der Waals surface area contributed by atoms with E-state index in [1.165, 1.54) is 9.75 Å². The second-order valence-electron chi connectivity index (χ2n) is 3.61. The summed E-state index contributed by atoms with van der Waals surface area (Å²) in [6.07, 6.45) is 0. The minimum atomic E-state index is 0.154. The molecule has 0 spiro atoms. The first kappa shape index (κ1) is 10.6. The van der Waals surface area contributed by atoms with E-state index < -0.39 is 0 Å². The number of hydrogen-bond acceptors (Lipinski definition) is 3. The van der Waals surface area contributed by atoms with E-state index in [-0.39, 0.29) is 5.78 Å². The average molecular weight is 236 g/mol. The molecule has 3 heteroatoms. The first-order valence-corrected chi connectivity index (χ1v) is 6.50. The normalized spacial score (nSPS) is 10.6. The molecule has 0 aromatic carbocycles. The van der Waals surface area contributed by atoms with Gasteiger partial charge in [-0.3, -0.25) is 4.79 Å². The molecule has 2 heterocycles. The number of carbonyl (C=O) groups excluding carboxylic acids is 1. The second kappa shape index (κ2) is 3.91. The first-order chi connectivity index (χ1) is 7.09. The third kappa shape index (κ3) is 1.90. The topological polar surface area (TPSA) is 17.1 Å². The maximum atomic E-state index is 12.1. The zero-order valence-electron chi connectivity index (χ0n) is 8.96. The minimum absolute atomic E-state index is 0.154. The zero-order chi connectivity index (χ0) is 11.0. The Balaban J connectivity index is 2.41. The molecule has 0 N–H and O–H groups in total. The van der Waals surface area contributed by atoms with E-state index in [1.54, 1.807) is 22.7 Å². The zero-order valence-corrected chi connectivity index (χ0v) is 10.6. The summed E-state index contributed by atoms with van der Waals surface area (Å²) in [7, 11) is 0. The van der Waals surface area contributed by atoms with E-state index >= 15 is 0 Å². The number of thiophene rings is 2. The van der Waals surface area contributed by atoms with Gasteiger partial charge in [0.25, 0.3) is 0 Å². The van der Waals surface area contributed by atoms with Gasteiger partial charge in [0.2, 0.25) is 0 Å². The fraction of sp³-hybridized carbons (Fsp3) is 0.250. The van der Waals surface area contributed by atoms with Crippen molar-refractivity contribution in [3.05, 3.63) is 43.3 Å². The fourth-order valence-electron chi connectivity index (χ4n) is 1.46. The van der Waals surface area contributed by atoms with Crippen molar-refractivity contribution in [1.82, 2.24) is 0 Å². The summed E-state index contributed by atoms with van der Waals surface area (Å²) in [6.45, 7) is 6.08. The van der Waals surface area contributed by atoms with Crippen LogP contribution < -0.4 is 0 Å². The molecule has 0 atom stereocenters. The highest BCUT2D eigenvalue weighted by atomic mass is 32.1. The van der Waals surface area contributed by atoms with Crippen LogP contribution in [-0.4, -0.2) is 5.78 Å². The maximum absolute atomic E-state index is 12.1. The Morgan fingerprint density at radius 1 is 1.13 bits per heavy atom. The average Bonchev–Trinajstić information content (AvgIpc) is 2.75. The van der Waals surface area contributed by atoms with E-state index in [9.17, 15) is 4.79 Å². The van der Waals surface area contributed by atoms with Gasteiger partial charge in [-0.05, 0) is 32.4 Å². The Hall–Kier alpha value is -0.930. The van der Waals surface area contributed by atoms with Crippen molar-refractivity contribution in [2.45, 2.75) is 20.8 Å². The molecule has 2 aromatic heterocycles. The standard InChI is InChI=1S/C12H12OS2/c1-7-4-10(5-14-7)12(13)11-6-15-9(3)8(11)2/h4-6H,1-3H3. The summed E-state index contributed by atoms with van der Waals surface area (Å²) in [6, 6.07) is 1.96. The maximum Gasteiger partial charge on any atom is 0.194 e. The van der Waals surface area contributed by atoms with Gasteiger partial charge in [-0.1, -0.05) is 0 Å². The lowest BCUT2D eigenvalue weighted by Gasteiger charge is -1.97. The molecule has 0 amide bonds. The van der Waals surface area contributed by atoms with Crippen molar-refractivity contribution < 1.29 is 4.79 Å². The largest absolute Gasteiger partial charge is 0.289 e. The molecule has 0 radical (unpaired) electrons. The third-order valence-corrected chi connectivity index (χ3v) is 4.40. The Bertz CT molecular complexity index is 505. The quantitative estimate of drug-likeness (QED) is 0.721. The van der Waals surface area contributed by atoms with Gasteiger partial charge in [-0.2, -0.15) is 0 Å². The molecule has 0 fully saturated rings. The van der Waals surface area contributed by atoms with Gasteiger partial charge in [0, 0.05) is 31.6 Å². The highest BCUT2D eigenvalue weighted by Gasteiger charge is 2.15. The number of hydrogen-bond donors (Lipinski definition) is 0.